The third-order valence-electron chi connectivity index (χ3n) is 5.52. The maximum Gasteiger partial charge on any atom is 0.253 e. The molecule has 2 aromatic carbocycles. The molecule has 7 heteroatoms. The Balaban J connectivity index is 1.41. The van der Waals surface area contributed by atoms with Crippen molar-refractivity contribution in [3.05, 3.63) is 88.5 Å². The minimum atomic E-state index is -0.277. The Morgan fingerprint density at radius 1 is 1.10 bits per heavy atom. The molecule has 0 radical (unpaired) electrons. The highest BCUT2D eigenvalue weighted by atomic mass is 32.2. The Bertz CT molecular complexity index is 1250. The number of carbonyl (C=O) groups is 1. The summed E-state index contributed by atoms with van der Waals surface area (Å²) in [5, 5.41) is 5.13. The Kier molecular flexibility index (Phi) is 4.83. The zero-order chi connectivity index (χ0) is 20.7. The molecular weight excluding hydrogens is 399 g/mol. The summed E-state index contributed by atoms with van der Waals surface area (Å²) in [6.45, 7) is 2.09. The summed E-state index contributed by atoms with van der Waals surface area (Å²) < 4.78 is 14.8. The zero-order valence-corrected chi connectivity index (χ0v) is 17.2. The van der Waals surface area contributed by atoms with Crippen LogP contribution in [-0.2, 0) is 12.2 Å². The maximum absolute atomic E-state index is 13.2. The largest absolute Gasteiger partial charge is 0.294 e. The van der Waals surface area contributed by atoms with Crippen LogP contribution in [0.15, 0.2) is 59.9 Å². The summed E-state index contributed by atoms with van der Waals surface area (Å²) in [6.07, 6.45) is 2.75. The molecule has 5 rings (SSSR count). The molecule has 2 aromatic heterocycles. The fraction of sp³-hybridized carbons (Fsp3) is 0.217. The second-order valence-corrected chi connectivity index (χ2v) is 8.48. The summed E-state index contributed by atoms with van der Waals surface area (Å²) in [5.41, 5.74) is 4.76. The zero-order valence-electron chi connectivity index (χ0n) is 16.4. The molecule has 2 heterocycles. The number of hydrogen-bond donors (Lipinski definition) is 0. The fourth-order valence-electron chi connectivity index (χ4n) is 3.81. The lowest BCUT2D eigenvalue weighted by molar-refractivity contribution is 0.0962. The number of rotatable bonds is 4. The van der Waals surface area contributed by atoms with Gasteiger partial charge in [0.2, 0.25) is 5.16 Å². The van der Waals surface area contributed by atoms with E-state index < -0.39 is 0 Å². The van der Waals surface area contributed by atoms with Crippen LogP contribution in [0.3, 0.4) is 0 Å². The normalized spacial score (nSPS) is 16.1. The molecule has 1 aliphatic rings. The lowest BCUT2D eigenvalue weighted by Gasteiger charge is -2.23. The molecule has 1 atom stereocenters. The highest BCUT2D eigenvalue weighted by molar-refractivity contribution is 7.98. The third kappa shape index (κ3) is 3.61. The Hall–Kier alpha value is -3.06. The number of aromatic nitrogens is 4. The van der Waals surface area contributed by atoms with Gasteiger partial charge in [-0.25, -0.2) is 13.9 Å². The first kappa shape index (κ1) is 18.9. The Morgan fingerprint density at radius 2 is 1.90 bits per heavy atom. The van der Waals surface area contributed by atoms with E-state index in [1.54, 1.807) is 34.6 Å². The van der Waals surface area contributed by atoms with Crippen LogP contribution in [0.2, 0.25) is 0 Å². The molecule has 0 saturated carbocycles. The second kappa shape index (κ2) is 7.65. The van der Waals surface area contributed by atoms with Gasteiger partial charge in [-0.1, -0.05) is 48.2 Å². The van der Waals surface area contributed by atoms with Crippen molar-refractivity contribution in [3.8, 4) is 0 Å². The van der Waals surface area contributed by atoms with Crippen LogP contribution in [0.4, 0.5) is 4.39 Å². The van der Waals surface area contributed by atoms with E-state index in [9.17, 15) is 9.18 Å². The van der Waals surface area contributed by atoms with Crippen LogP contribution in [0.5, 0.6) is 0 Å². The first-order valence-electron chi connectivity index (χ1n) is 9.79. The molecule has 0 amide bonds. The quantitative estimate of drug-likeness (QED) is 0.447. The lowest BCUT2D eigenvalue weighted by Crippen LogP contribution is -2.21. The molecule has 0 bridgehead atoms. The van der Waals surface area contributed by atoms with Crippen molar-refractivity contribution in [2.75, 3.05) is 0 Å². The van der Waals surface area contributed by atoms with Crippen molar-refractivity contribution in [2.45, 2.75) is 36.6 Å². The van der Waals surface area contributed by atoms with Gasteiger partial charge in [-0.2, -0.15) is 4.98 Å². The number of Topliss-reactive ketones (excluding diaryl/α,β-unsaturated/α-hetero) is 1. The van der Waals surface area contributed by atoms with Gasteiger partial charge in [-0.15, -0.1) is 5.10 Å². The van der Waals surface area contributed by atoms with Gasteiger partial charge in [0.15, 0.2) is 5.78 Å². The van der Waals surface area contributed by atoms with E-state index in [1.165, 1.54) is 23.3 Å². The van der Waals surface area contributed by atoms with Crippen LogP contribution in [0.1, 0.15) is 45.1 Å². The predicted octanol–water partition coefficient (Wildman–Crippen LogP) is 4.78. The summed E-state index contributed by atoms with van der Waals surface area (Å²) in [7, 11) is 0. The molecule has 150 valence electrons. The summed E-state index contributed by atoms with van der Waals surface area (Å²) in [6, 6.07) is 14.6. The molecule has 0 spiro atoms. The number of nitrogens with zero attached hydrogens (tertiary/aromatic N) is 4. The molecule has 0 aliphatic heterocycles. The molecule has 4 aromatic rings. The number of benzene rings is 2. The number of fused-ring (bicyclic) bond motifs is 2. The van der Waals surface area contributed by atoms with Crippen molar-refractivity contribution < 1.29 is 9.18 Å². The molecule has 0 N–H and O–H groups in total. The molecule has 0 unspecified atom stereocenters. The van der Waals surface area contributed by atoms with Crippen LogP contribution in [-0.4, -0.2) is 25.4 Å². The minimum Gasteiger partial charge on any atom is -0.294 e. The van der Waals surface area contributed by atoms with Crippen molar-refractivity contribution in [3.63, 3.8) is 0 Å². The molecule has 1 aliphatic carbocycles. The number of aryl methyl sites for hydroxylation is 1. The fourth-order valence-corrected chi connectivity index (χ4v) is 4.71. The average molecular weight is 418 g/mol. The number of ketones is 1. The van der Waals surface area contributed by atoms with Crippen LogP contribution in [0, 0.1) is 12.7 Å². The highest BCUT2D eigenvalue weighted by Crippen LogP contribution is 2.32. The van der Waals surface area contributed by atoms with Crippen LogP contribution >= 0.6 is 11.8 Å². The van der Waals surface area contributed by atoms with Crippen molar-refractivity contribution in [1.29, 1.82) is 0 Å². The van der Waals surface area contributed by atoms with Crippen LogP contribution < -0.4 is 0 Å². The monoisotopic (exact) mass is 418 g/mol. The molecule has 5 nitrogen and oxygen atoms in total. The van der Waals surface area contributed by atoms with E-state index in [0.29, 0.717) is 29.3 Å². The first-order chi connectivity index (χ1) is 14.6. The van der Waals surface area contributed by atoms with E-state index in [4.69, 9.17) is 0 Å². The Morgan fingerprint density at radius 3 is 2.70 bits per heavy atom. The van der Waals surface area contributed by atoms with Crippen LogP contribution in [0.25, 0.3) is 5.78 Å². The van der Waals surface area contributed by atoms with Gasteiger partial charge in [-0.3, -0.25) is 4.79 Å². The van der Waals surface area contributed by atoms with E-state index >= 15 is 0 Å². The summed E-state index contributed by atoms with van der Waals surface area (Å²) >= 11 is 1.55. The average Bonchev–Trinajstić information content (AvgIpc) is 3.14. The third-order valence-corrected chi connectivity index (χ3v) is 6.41. The minimum absolute atomic E-state index is 0.00151. The summed E-state index contributed by atoms with van der Waals surface area (Å²) in [4.78, 5) is 21.9. The van der Waals surface area contributed by atoms with Crippen molar-refractivity contribution in [1.82, 2.24) is 19.6 Å². The maximum atomic E-state index is 13.2. The number of carbonyl (C=O) groups excluding carboxylic acids is 1. The van der Waals surface area contributed by atoms with Crippen molar-refractivity contribution >= 4 is 23.3 Å². The topological polar surface area (TPSA) is 60.1 Å². The smallest absolute Gasteiger partial charge is 0.253 e. The molecule has 0 saturated heterocycles. The second-order valence-electron chi connectivity index (χ2n) is 7.54. The molecule has 0 fully saturated rings. The van der Waals surface area contributed by atoms with Gasteiger partial charge in [0.25, 0.3) is 5.78 Å². The van der Waals surface area contributed by atoms with E-state index in [2.05, 4.69) is 34.1 Å². The van der Waals surface area contributed by atoms with Gasteiger partial charge < -0.3 is 0 Å². The van der Waals surface area contributed by atoms with Crippen molar-refractivity contribution in [2.24, 2.45) is 0 Å². The van der Waals surface area contributed by atoms with Gasteiger partial charge in [-0.05, 0) is 48.1 Å². The predicted molar refractivity (Wildman–Crippen MR) is 113 cm³/mol. The van der Waals surface area contributed by atoms with Gasteiger partial charge in [0.1, 0.15) is 5.82 Å². The number of halogens is 1. The highest BCUT2D eigenvalue weighted by Gasteiger charge is 2.28. The molecule has 30 heavy (non-hydrogen) atoms. The van der Waals surface area contributed by atoms with Gasteiger partial charge in [0, 0.05) is 18.4 Å². The standard InChI is InChI=1S/C23H19FN4OS/c1-14-4-2-3-5-16(14)13-30-23-26-22-25-20-10-17(15-6-8-18(24)9-7-15)11-21(29)19(20)12-28(22)27-23/h2-9,12,17H,10-11,13H2,1H3/t17-/m0/s1. The summed E-state index contributed by atoms with van der Waals surface area (Å²) in [5.74, 6) is 1.02. The number of hydrogen-bond acceptors (Lipinski definition) is 5. The Labute approximate surface area is 177 Å². The molecular formula is C23H19FN4OS. The van der Waals surface area contributed by atoms with Gasteiger partial charge in [0.05, 0.1) is 11.3 Å². The lowest BCUT2D eigenvalue weighted by atomic mass is 9.82. The SMILES string of the molecule is Cc1ccccc1CSc1nc2nc3c(cn2n1)C(=O)C[C@@H](c1ccc(F)cc1)C3. The van der Waals surface area contributed by atoms with E-state index in [-0.39, 0.29) is 17.5 Å². The first-order valence-corrected chi connectivity index (χ1v) is 10.8. The van der Waals surface area contributed by atoms with E-state index in [1.807, 2.05) is 12.1 Å². The van der Waals surface area contributed by atoms with E-state index in [0.717, 1.165) is 17.0 Å². The van der Waals surface area contributed by atoms with Gasteiger partial charge >= 0.3 is 0 Å². The number of thioether (sulfide) groups is 1.